The van der Waals surface area contributed by atoms with Crippen LogP contribution in [0, 0.1) is 10.1 Å². The van der Waals surface area contributed by atoms with Gasteiger partial charge in [-0.25, -0.2) is 5.43 Å². The van der Waals surface area contributed by atoms with Gasteiger partial charge in [0, 0.05) is 6.07 Å². The zero-order valence-corrected chi connectivity index (χ0v) is 15.5. The highest BCUT2D eigenvalue weighted by Crippen LogP contribution is 2.23. The van der Waals surface area contributed by atoms with Crippen molar-refractivity contribution in [1.82, 2.24) is 5.43 Å². The van der Waals surface area contributed by atoms with E-state index in [0.29, 0.717) is 16.5 Å². The third kappa shape index (κ3) is 5.96. The molecule has 1 aromatic carbocycles. The maximum Gasteiger partial charge on any atom is 0.324 e. The molecule has 1 amide bonds. The molecule has 0 aliphatic heterocycles. The Labute approximate surface area is 155 Å². The van der Waals surface area contributed by atoms with E-state index in [0.717, 1.165) is 24.2 Å². The molecule has 2 aromatic rings. The van der Waals surface area contributed by atoms with E-state index in [4.69, 9.17) is 4.74 Å². The van der Waals surface area contributed by atoms with Crippen molar-refractivity contribution in [2.24, 2.45) is 5.10 Å². The molecule has 0 bridgehead atoms. The van der Waals surface area contributed by atoms with Crippen LogP contribution in [0.4, 0.5) is 5.00 Å². The average molecular weight is 375 g/mol. The van der Waals surface area contributed by atoms with Gasteiger partial charge in [-0.3, -0.25) is 14.9 Å². The predicted molar refractivity (Wildman–Crippen MR) is 102 cm³/mol. The largest absolute Gasteiger partial charge is 0.484 e. The molecule has 0 saturated heterocycles. The number of rotatable bonds is 9. The van der Waals surface area contributed by atoms with Crippen LogP contribution >= 0.6 is 11.3 Å². The number of hydrazone groups is 1. The summed E-state index contributed by atoms with van der Waals surface area (Å²) in [4.78, 5) is 22.4. The van der Waals surface area contributed by atoms with Crippen LogP contribution in [0.3, 0.4) is 0 Å². The second-order valence-electron chi connectivity index (χ2n) is 5.77. The third-order valence-electron chi connectivity index (χ3n) is 3.71. The van der Waals surface area contributed by atoms with Gasteiger partial charge >= 0.3 is 5.00 Å². The molecule has 0 aliphatic rings. The lowest BCUT2D eigenvalue weighted by atomic mass is 9.97. The molecule has 0 unspecified atom stereocenters. The lowest BCUT2D eigenvalue weighted by Gasteiger charge is -2.11. The number of nitro groups is 1. The van der Waals surface area contributed by atoms with Crippen LogP contribution in [0.15, 0.2) is 41.5 Å². The molecule has 0 spiro atoms. The molecule has 7 nitrogen and oxygen atoms in total. The number of carbonyl (C=O) groups is 1. The first kappa shape index (κ1) is 19.6. The van der Waals surface area contributed by atoms with Gasteiger partial charge in [0.2, 0.25) is 0 Å². The van der Waals surface area contributed by atoms with Gasteiger partial charge in [-0.2, -0.15) is 5.10 Å². The number of hydrogen-bond acceptors (Lipinski definition) is 6. The summed E-state index contributed by atoms with van der Waals surface area (Å²) in [6, 6.07) is 10.7. The number of nitrogens with one attached hydrogen (secondary N) is 1. The number of benzene rings is 1. The molecule has 0 fully saturated rings. The van der Waals surface area contributed by atoms with Gasteiger partial charge in [0.05, 0.1) is 16.0 Å². The van der Waals surface area contributed by atoms with E-state index in [1.807, 2.05) is 24.3 Å². The highest BCUT2D eigenvalue weighted by Gasteiger charge is 2.08. The van der Waals surface area contributed by atoms with Crippen molar-refractivity contribution < 1.29 is 14.5 Å². The Hall–Kier alpha value is -2.74. The summed E-state index contributed by atoms with van der Waals surface area (Å²) in [5.41, 5.74) is 3.58. The SMILES string of the molecule is CCC[C@H](C)c1ccc(OCC(=O)N/N=C\c2ccc([N+](=O)[O-])s2)cc1. The minimum absolute atomic E-state index is 0.0258. The number of nitrogens with zero attached hydrogens (tertiary/aromatic N) is 2. The van der Waals surface area contributed by atoms with Gasteiger partial charge in [-0.05, 0) is 36.1 Å². The monoisotopic (exact) mass is 375 g/mol. The van der Waals surface area contributed by atoms with Crippen LogP contribution in [0.5, 0.6) is 5.75 Å². The van der Waals surface area contributed by atoms with Crippen molar-refractivity contribution in [2.45, 2.75) is 32.6 Å². The molecular formula is C18H21N3O4S. The zero-order chi connectivity index (χ0) is 18.9. The Morgan fingerprint density at radius 2 is 2.08 bits per heavy atom. The van der Waals surface area contributed by atoms with Crippen LogP contribution in [-0.4, -0.2) is 23.7 Å². The first-order valence-electron chi connectivity index (χ1n) is 8.28. The zero-order valence-electron chi connectivity index (χ0n) is 14.7. The molecule has 0 aliphatic carbocycles. The van der Waals surface area contributed by atoms with Crippen LogP contribution in [0.25, 0.3) is 0 Å². The van der Waals surface area contributed by atoms with Crippen LogP contribution in [-0.2, 0) is 4.79 Å². The number of thiophene rings is 1. The van der Waals surface area contributed by atoms with Crippen molar-refractivity contribution in [3.05, 3.63) is 57.0 Å². The highest BCUT2D eigenvalue weighted by atomic mass is 32.1. The van der Waals surface area contributed by atoms with Gasteiger partial charge in [-0.1, -0.05) is 43.7 Å². The summed E-state index contributed by atoms with van der Waals surface area (Å²) < 4.78 is 5.43. The fourth-order valence-electron chi connectivity index (χ4n) is 2.35. The maximum atomic E-state index is 11.7. The van der Waals surface area contributed by atoms with Crippen molar-refractivity contribution in [2.75, 3.05) is 6.61 Å². The molecule has 0 radical (unpaired) electrons. The second kappa shape index (κ2) is 9.67. The molecular weight excluding hydrogens is 354 g/mol. The van der Waals surface area contributed by atoms with E-state index in [2.05, 4.69) is 24.4 Å². The number of amides is 1. The fourth-order valence-corrected chi connectivity index (χ4v) is 3.04. The summed E-state index contributed by atoms with van der Waals surface area (Å²) >= 11 is 0.979. The predicted octanol–water partition coefficient (Wildman–Crippen LogP) is 4.09. The number of ether oxygens (including phenoxy) is 1. The van der Waals surface area contributed by atoms with Crippen LogP contribution in [0.1, 0.15) is 43.0 Å². The average Bonchev–Trinajstić information content (AvgIpc) is 3.10. The maximum absolute atomic E-state index is 11.7. The minimum atomic E-state index is -0.470. The van der Waals surface area contributed by atoms with Gasteiger partial charge in [0.25, 0.3) is 5.91 Å². The van der Waals surface area contributed by atoms with Gasteiger partial charge in [0.15, 0.2) is 6.61 Å². The Balaban J connectivity index is 1.77. The lowest BCUT2D eigenvalue weighted by Crippen LogP contribution is -2.24. The molecule has 1 heterocycles. The highest BCUT2D eigenvalue weighted by molar-refractivity contribution is 7.16. The smallest absolute Gasteiger partial charge is 0.324 e. The summed E-state index contributed by atoms with van der Waals surface area (Å²) in [6.45, 7) is 4.19. The van der Waals surface area contributed by atoms with E-state index in [-0.39, 0.29) is 11.6 Å². The molecule has 1 aromatic heterocycles. The van der Waals surface area contributed by atoms with E-state index in [1.165, 1.54) is 17.8 Å². The normalized spacial score (nSPS) is 12.1. The third-order valence-corrected chi connectivity index (χ3v) is 4.69. The van der Waals surface area contributed by atoms with E-state index < -0.39 is 10.8 Å². The first-order chi connectivity index (χ1) is 12.5. The van der Waals surface area contributed by atoms with Crippen LogP contribution in [0.2, 0.25) is 0 Å². The first-order valence-corrected chi connectivity index (χ1v) is 9.10. The summed E-state index contributed by atoms with van der Waals surface area (Å²) in [5.74, 6) is 0.709. The van der Waals surface area contributed by atoms with Gasteiger partial charge in [0.1, 0.15) is 5.75 Å². The van der Waals surface area contributed by atoms with Crippen molar-refractivity contribution in [3.63, 3.8) is 0 Å². The van der Waals surface area contributed by atoms with E-state index in [1.54, 1.807) is 6.07 Å². The molecule has 0 saturated carbocycles. The minimum Gasteiger partial charge on any atom is -0.484 e. The Bertz CT molecular complexity index is 771. The number of hydrogen-bond donors (Lipinski definition) is 1. The topological polar surface area (TPSA) is 93.8 Å². The quantitative estimate of drug-likeness (QED) is 0.406. The molecule has 138 valence electrons. The van der Waals surface area contributed by atoms with Crippen molar-refractivity contribution in [3.8, 4) is 5.75 Å². The molecule has 1 atom stereocenters. The van der Waals surface area contributed by atoms with Gasteiger partial charge in [-0.15, -0.1) is 0 Å². The van der Waals surface area contributed by atoms with Gasteiger partial charge < -0.3 is 4.74 Å². The van der Waals surface area contributed by atoms with Crippen molar-refractivity contribution in [1.29, 1.82) is 0 Å². The molecule has 1 N–H and O–H groups in total. The van der Waals surface area contributed by atoms with Crippen LogP contribution < -0.4 is 10.2 Å². The number of carbonyl (C=O) groups excluding carboxylic acids is 1. The molecule has 2 rings (SSSR count). The van der Waals surface area contributed by atoms with Crippen molar-refractivity contribution >= 4 is 28.5 Å². The Kier molecular flexibility index (Phi) is 7.28. The van der Waals surface area contributed by atoms with E-state index in [9.17, 15) is 14.9 Å². The summed E-state index contributed by atoms with van der Waals surface area (Å²) in [7, 11) is 0. The fraction of sp³-hybridized carbons (Fsp3) is 0.333. The second-order valence-corrected chi connectivity index (χ2v) is 6.87. The van der Waals surface area contributed by atoms with E-state index >= 15 is 0 Å². The molecule has 26 heavy (non-hydrogen) atoms. The molecule has 8 heteroatoms. The standard InChI is InChI=1S/C18H21N3O4S/c1-3-4-13(2)14-5-7-15(8-6-14)25-12-17(22)20-19-11-16-9-10-18(26-16)21(23)24/h5-11,13H,3-4,12H2,1-2H3,(H,20,22)/b19-11-/t13-/m0/s1. The lowest BCUT2D eigenvalue weighted by molar-refractivity contribution is -0.380. The summed E-state index contributed by atoms with van der Waals surface area (Å²) in [5, 5.41) is 14.4. The summed E-state index contributed by atoms with van der Waals surface area (Å²) in [6.07, 6.45) is 3.63. The Morgan fingerprint density at radius 1 is 1.35 bits per heavy atom. The Morgan fingerprint density at radius 3 is 2.69 bits per heavy atom.